The molecule has 0 bridgehead atoms. The van der Waals surface area contributed by atoms with Crippen molar-refractivity contribution in [2.45, 2.75) is 25.9 Å². The molecule has 1 amide bonds. The van der Waals surface area contributed by atoms with E-state index in [1.807, 2.05) is 19.2 Å². The van der Waals surface area contributed by atoms with Gasteiger partial charge in [-0.15, -0.1) is 0 Å². The second-order valence-corrected chi connectivity index (χ2v) is 3.07. The second-order valence-electron chi connectivity index (χ2n) is 3.07. The van der Waals surface area contributed by atoms with Crippen LogP contribution in [-0.4, -0.2) is 28.3 Å². The number of aryl methyl sites for hydroxylation is 1. The van der Waals surface area contributed by atoms with E-state index in [1.54, 1.807) is 10.9 Å². The summed E-state index contributed by atoms with van der Waals surface area (Å²) >= 11 is 0. The summed E-state index contributed by atoms with van der Waals surface area (Å²) in [5.74, 6) is -0.306. The quantitative estimate of drug-likeness (QED) is 0.658. The molecule has 0 aliphatic rings. The molecule has 1 heterocycles. The number of likely N-dealkylation sites (N-methyl/N-ethyl adjacent to an activating group) is 1. The molecule has 1 unspecified atom stereocenters. The van der Waals surface area contributed by atoms with Gasteiger partial charge in [0, 0.05) is 18.9 Å². The lowest BCUT2D eigenvalue weighted by molar-refractivity contribution is -0.120. The number of primary amides is 1. The SMILES string of the molecule is CCNC(CCn1cccn1)C(N)=O. The molecule has 5 heteroatoms. The number of rotatable bonds is 6. The third-order valence-corrected chi connectivity index (χ3v) is 2.00. The number of aromatic nitrogens is 2. The zero-order chi connectivity index (χ0) is 10.4. The molecule has 1 atom stereocenters. The predicted molar refractivity (Wildman–Crippen MR) is 53.5 cm³/mol. The summed E-state index contributed by atoms with van der Waals surface area (Å²) in [6, 6.07) is 1.59. The molecule has 1 aromatic heterocycles. The zero-order valence-electron chi connectivity index (χ0n) is 8.31. The molecule has 0 aliphatic heterocycles. The zero-order valence-corrected chi connectivity index (χ0v) is 8.31. The molecule has 0 spiro atoms. The van der Waals surface area contributed by atoms with E-state index in [4.69, 9.17) is 5.73 Å². The maximum atomic E-state index is 11.0. The highest BCUT2D eigenvalue weighted by atomic mass is 16.1. The van der Waals surface area contributed by atoms with Gasteiger partial charge in [-0.2, -0.15) is 5.10 Å². The highest BCUT2D eigenvalue weighted by Crippen LogP contribution is 1.95. The average molecular weight is 196 g/mol. The highest BCUT2D eigenvalue weighted by Gasteiger charge is 2.12. The highest BCUT2D eigenvalue weighted by molar-refractivity contribution is 5.79. The molecule has 0 aromatic carbocycles. The van der Waals surface area contributed by atoms with Crippen LogP contribution in [0.25, 0.3) is 0 Å². The molecule has 0 aliphatic carbocycles. The van der Waals surface area contributed by atoms with Gasteiger partial charge in [0.15, 0.2) is 0 Å². The van der Waals surface area contributed by atoms with Crippen LogP contribution in [-0.2, 0) is 11.3 Å². The Balaban J connectivity index is 2.37. The van der Waals surface area contributed by atoms with Crippen LogP contribution in [0.5, 0.6) is 0 Å². The first-order valence-electron chi connectivity index (χ1n) is 4.74. The minimum Gasteiger partial charge on any atom is -0.368 e. The first kappa shape index (κ1) is 10.7. The monoisotopic (exact) mass is 196 g/mol. The summed E-state index contributed by atoms with van der Waals surface area (Å²) in [5, 5.41) is 7.07. The van der Waals surface area contributed by atoms with E-state index < -0.39 is 0 Å². The van der Waals surface area contributed by atoms with Crippen LogP contribution in [0.4, 0.5) is 0 Å². The van der Waals surface area contributed by atoms with Crippen molar-refractivity contribution in [3.8, 4) is 0 Å². The minimum absolute atomic E-state index is 0.260. The molecule has 0 saturated heterocycles. The van der Waals surface area contributed by atoms with Gasteiger partial charge in [0.1, 0.15) is 0 Å². The van der Waals surface area contributed by atoms with Crippen LogP contribution in [0.1, 0.15) is 13.3 Å². The fraction of sp³-hybridized carbons (Fsp3) is 0.556. The number of hydrogen-bond acceptors (Lipinski definition) is 3. The Kier molecular flexibility index (Phi) is 4.12. The van der Waals surface area contributed by atoms with Gasteiger partial charge >= 0.3 is 0 Å². The molecule has 3 N–H and O–H groups in total. The van der Waals surface area contributed by atoms with E-state index in [2.05, 4.69) is 10.4 Å². The van der Waals surface area contributed by atoms with E-state index >= 15 is 0 Å². The van der Waals surface area contributed by atoms with E-state index in [0.29, 0.717) is 13.0 Å². The maximum Gasteiger partial charge on any atom is 0.234 e. The lowest BCUT2D eigenvalue weighted by Gasteiger charge is -2.13. The van der Waals surface area contributed by atoms with Gasteiger partial charge < -0.3 is 11.1 Å². The molecule has 1 rings (SSSR count). The van der Waals surface area contributed by atoms with Gasteiger partial charge in [-0.3, -0.25) is 9.48 Å². The Labute approximate surface area is 83.3 Å². The smallest absolute Gasteiger partial charge is 0.234 e. The maximum absolute atomic E-state index is 11.0. The van der Waals surface area contributed by atoms with Crippen molar-refractivity contribution in [3.63, 3.8) is 0 Å². The second kappa shape index (κ2) is 5.39. The minimum atomic E-state index is -0.306. The third-order valence-electron chi connectivity index (χ3n) is 2.00. The van der Waals surface area contributed by atoms with Gasteiger partial charge in [0.25, 0.3) is 0 Å². The Morgan fingerprint density at radius 1 is 1.71 bits per heavy atom. The van der Waals surface area contributed by atoms with E-state index in [0.717, 1.165) is 6.54 Å². The fourth-order valence-corrected chi connectivity index (χ4v) is 1.29. The number of nitrogens with one attached hydrogen (secondary N) is 1. The van der Waals surface area contributed by atoms with Crippen molar-refractivity contribution >= 4 is 5.91 Å². The van der Waals surface area contributed by atoms with Crippen LogP contribution in [0.2, 0.25) is 0 Å². The lowest BCUT2D eigenvalue weighted by Crippen LogP contribution is -2.41. The largest absolute Gasteiger partial charge is 0.368 e. The summed E-state index contributed by atoms with van der Waals surface area (Å²) in [5.41, 5.74) is 5.23. The van der Waals surface area contributed by atoms with Gasteiger partial charge in [-0.05, 0) is 19.0 Å². The number of nitrogens with two attached hydrogens (primary N) is 1. The Hall–Kier alpha value is -1.36. The number of carbonyl (C=O) groups excluding carboxylic acids is 1. The summed E-state index contributed by atoms with van der Waals surface area (Å²) in [6.07, 6.45) is 4.25. The summed E-state index contributed by atoms with van der Waals surface area (Å²) in [7, 11) is 0. The van der Waals surface area contributed by atoms with Gasteiger partial charge in [0.2, 0.25) is 5.91 Å². The molecule has 0 fully saturated rings. The standard InChI is InChI=1S/C9H16N4O/c1-2-11-8(9(10)14)4-7-13-6-3-5-12-13/h3,5-6,8,11H,2,4,7H2,1H3,(H2,10,14). The number of carbonyl (C=O) groups is 1. The fourth-order valence-electron chi connectivity index (χ4n) is 1.29. The molecule has 78 valence electrons. The van der Waals surface area contributed by atoms with Crippen LogP contribution in [0.15, 0.2) is 18.5 Å². The summed E-state index contributed by atoms with van der Waals surface area (Å²) in [4.78, 5) is 11.0. The summed E-state index contributed by atoms with van der Waals surface area (Å²) < 4.78 is 1.78. The van der Waals surface area contributed by atoms with Crippen molar-refractivity contribution < 1.29 is 4.79 Å². The van der Waals surface area contributed by atoms with E-state index in [9.17, 15) is 4.79 Å². The van der Waals surface area contributed by atoms with Crippen molar-refractivity contribution in [3.05, 3.63) is 18.5 Å². The topological polar surface area (TPSA) is 72.9 Å². The number of nitrogens with zero attached hydrogens (tertiary/aromatic N) is 2. The van der Waals surface area contributed by atoms with Crippen molar-refractivity contribution in [2.75, 3.05) is 6.54 Å². The molecule has 0 radical (unpaired) electrons. The van der Waals surface area contributed by atoms with E-state index in [1.165, 1.54) is 0 Å². The van der Waals surface area contributed by atoms with Crippen LogP contribution in [0, 0.1) is 0 Å². The van der Waals surface area contributed by atoms with Gasteiger partial charge in [0.05, 0.1) is 6.04 Å². The van der Waals surface area contributed by atoms with Crippen LogP contribution < -0.4 is 11.1 Å². The number of hydrogen-bond donors (Lipinski definition) is 2. The Bertz CT molecular complexity index is 270. The summed E-state index contributed by atoms with van der Waals surface area (Å²) in [6.45, 7) is 3.39. The first-order chi connectivity index (χ1) is 6.74. The first-order valence-corrected chi connectivity index (χ1v) is 4.74. The molecular formula is C9H16N4O. The van der Waals surface area contributed by atoms with Crippen LogP contribution in [0.3, 0.4) is 0 Å². The third kappa shape index (κ3) is 3.18. The Morgan fingerprint density at radius 2 is 2.50 bits per heavy atom. The van der Waals surface area contributed by atoms with Gasteiger partial charge in [-0.1, -0.05) is 6.92 Å². The lowest BCUT2D eigenvalue weighted by atomic mass is 10.2. The normalized spacial score (nSPS) is 12.6. The van der Waals surface area contributed by atoms with Crippen molar-refractivity contribution in [2.24, 2.45) is 5.73 Å². The molecule has 0 saturated carbocycles. The van der Waals surface area contributed by atoms with Crippen LogP contribution >= 0.6 is 0 Å². The molecule has 1 aromatic rings. The predicted octanol–water partition coefficient (Wildman–Crippen LogP) is -0.263. The Morgan fingerprint density at radius 3 is 3.00 bits per heavy atom. The molecule has 5 nitrogen and oxygen atoms in total. The van der Waals surface area contributed by atoms with Gasteiger partial charge in [-0.25, -0.2) is 0 Å². The molecule has 14 heavy (non-hydrogen) atoms. The van der Waals surface area contributed by atoms with Crippen molar-refractivity contribution in [1.29, 1.82) is 0 Å². The van der Waals surface area contributed by atoms with Crippen molar-refractivity contribution in [1.82, 2.24) is 15.1 Å². The number of amides is 1. The molecular weight excluding hydrogens is 180 g/mol. The average Bonchev–Trinajstić information content (AvgIpc) is 2.64. The van der Waals surface area contributed by atoms with E-state index in [-0.39, 0.29) is 11.9 Å².